The first kappa shape index (κ1) is 8.97. The first-order valence-corrected chi connectivity index (χ1v) is 4.99. The number of nitrogens with zero attached hydrogens (tertiary/aromatic N) is 2. The van der Waals surface area contributed by atoms with Crippen LogP contribution in [-0.4, -0.2) is 61.5 Å². The highest BCUT2D eigenvalue weighted by molar-refractivity contribution is 5.83. The van der Waals surface area contributed by atoms with Crippen molar-refractivity contribution in [1.82, 2.24) is 15.1 Å². The number of amides is 1. The highest BCUT2D eigenvalue weighted by atomic mass is 16.2. The van der Waals surface area contributed by atoms with E-state index in [0.29, 0.717) is 5.91 Å². The predicted molar refractivity (Wildman–Crippen MR) is 50.5 cm³/mol. The second-order valence-corrected chi connectivity index (χ2v) is 3.85. The van der Waals surface area contributed by atoms with Gasteiger partial charge in [0.1, 0.15) is 0 Å². The fourth-order valence-corrected chi connectivity index (χ4v) is 2.14. The molecule has 0 bridgehead atoms. The Morgan fingerprint density at radius 3 is 2.54 bits per heavy atom. The SMILES string of the molecule is CN1CCC(N2CCNCC2)C1=O. The highest BCUT2D eigenvalue weighted by Gasteiger charge is 2.34. The number of piperazine rings is 1. The second-order valence-electron chi connectivity index (χ2n) is 3.85. The molecule has 0 aromatic rings. The third kappa shape index (κ3) is 1.69. The van der Waals surface area contributed by atoms with Gasteiger partial charge in [-0.2, -0.15) is 0 Å². The average Bonchev–Trinajstić information content (AvgIpc) is 2.49. The van der Waals surface area contributed by atoms with Crippen molar-refractivity contribution in [2.45, 2.75) is 12.5 Å². The molecule has 2 heterocycles. The minimum absolute atomic E-state index is 0.173. The first-order chi connectivity index (χ1) is 6.29. The van der Waals surface area contributed by atoms with Gasteiger partial charge >= 0.3 is 0 Å². The number of likely N-dealkylation sites (tertiary alicyclic amines) is 1. The van der Waals surface area contributed by atoms with Gasteiger partial charge in [0.25, 0.3) is 0 Å². The number of hydrogen-bond acceptors (Lipinski definition) is 3. The fourth-order valence-electron chi connectivity index (χ4n) is 2.14. The van der Waals surface area contributed by atoms with Crippen molar-refractivity contribution in [3.8, 4) is 0 Å². The van der Waals surface area contributed by atoms with Crippen LogP contribution in [0.4, 0.5) is 0 Å². The molecule has 13 heavy (non-hydrogen) atoms. The maximum Gasteiger partial charge on any atom is 0.239 e. The van der Waals surface area contributed by atoms with Gasteiger partial charge in [-0.05, 0) is 6.42 Å². The van der Waals surface area contributed by atoms with Crippen LogP contribution < -0.4 is 5.32 Å². The van der Waals surface area contributed by atoms with Crippen LogP contribution in [0, 0.1) is 0 Å². The zero-order valence-corrected chi connectivity index (χ0v) is 8.12. The summed E-state index contributed by atoms with van der Waals surface area (Å²) in [5, 5.41) is 3.30. The molecule has 0 aliphatic carbocycles. The predicted octanol–water partition coefficient (Wildman–Crippen LogP) is -0.878. The minimum Gasteiger partial charge on any atom is -0.344 e. The molecular weight excluding hydrogens is 166 g/mol. The van der Waals surface area contributed by atoms with Crippen LogP contribution in [0.15, 0.2) is 0 Å². The largest absolute Gasteiger partial charge is 0.344 e. The molecule has 2 aliphatic heterocycles. The van der Waals surface area contributed by atoms with E-state index in [1.807, 2.05) is 11.9 Å². The molecule has 0 radical (unpaired) electrons. The number of carbonyl (C=O) groups is 1. The molecule has 0 aromatic heterocycles. The molecule has 1 amide bonds. The van der Waals surface area contributed by atoms with Crippen molar-refractivity contribution >= 4 is 5.91 Å². The lowest BCUT2D eigenvalue weighted by Crippen LogP contribution is -2.50. The molecule has 74 valence electrons. The lowest BCUT2D eigenvalue weighted by atomic mass is 10.2. The summed E-state index contributed by atoms with van der Waals surface area (Å²) in [5.74, 6) is 0.307. The van der Waals surface area contributed by atoms with Crippen LogP contribution in [0.5, 0.6) is 0 Å². The Hall–Kier alpha value is -0.610. The lowest BCUT2D eigenvalue weighted by Gasteiger charge is -2.31. The van der Waals surface area contributed by atoms with E-state index in [0.717, 1.165) is 39.1 Å². The van der Waals surface area contributed by atoms with Crippen molar-refractivity contribution < 1.29 is 4.79 Å². The third-order valence-electron chi connectivity index (χ3n) is 2.99. The molecule has 2 aliphatic rings. The van der Waals surface area contributed by atoms with Gasteiger partial charge in [0, 0.05) is 39.8 Å². The van der Waals surface area contributed by atoms with Crippen LogP contribution in [-0.2, 0) is 4.79 Å². The molecule has 0 aromatic carbocycles. The van der Waals surface area contributed by atoms with Gasteiger partial charge in [-0.3, -0.25) is 9.69 Å². The van der Waals surface area contributed by atoms with Gasteiger partial charge in [-0.25, -0.2) is 0 Å². The fraction of sp³-hybridized carbons (Fsp3) is 0.889. The average molecular weight is 183 g/mol. The Kier molecular flexibility index (Phi) is 2.51. The second kappa shape index (κ2) is 3.64. The zero-order valence-electron chi connectivity index (χ0n) is 8.12. The molecule has 2 saturated heterocycles. The molecule has 4 heteroatoms. The maximum absolute atomic E-state index is 11.7. The number of hydrogen-bond donors (Lipinski definition) is 1. The maximum atomic E-state index is 11.7. The Morgan fingerprint density at radius 1 is 1.31 bits per heavy atom. The summed E-state index contributed by atoms with van der Waals surface area (Å²) in [4.78, 5) is 15.8. The molecule has 4 nitrogen and oxygen atoms in total. The molecule has 1 atom stereocenters. The Balaban J connectivity index is 1.96. The summed E-state index contributed by atoms with van der Waals surface area (Å²) in [6, 6.07) is 0.173. The van der Waals surface area contributed by atoms with Gasteiger partial charge < -0.3 is 10.2 Å². The molecule has 0 saturated carbocycles. The van der Waals surface area contributed by atoms with Crippen molar-refractivity contribution in [1.29, 1.82) is 0 Å². The van der Waals surface area contributed by atoms with Crippen LogP contribution in [0.25, 0.3) is 0 Å². The van der Waals surface area contributed by atoms with Crippen LogP contribution in [0.2, 0.25) is 0 Å². The number of nitrogens with one attached hydrogen (secondary N) is 1. The topological polar surface area (TPSA) is 35.6 Å². The number of carbonyl (C=O) groups excluding carboxylic acids is 1. The lowest BCUT2D eigenvalue weighted by molar-refractivity contribution is -0.131. The smallest absolute Gasteiger partial charge is 0.239 e. The van der Waals surface area contributed by atoms with Crippen molar-refractivity contribution in [3.63, 3.8) is 0 Å². The van der Waals surface area contributed by atoms with Crippen LogP contribution >= 0.6 is 0 Å². The molecule has 1 unspecified atom stereocenters. The summed E-state index contributed by atoms with van der Waals surface area (Å²) in [6.07, 6.45) is 1.01. The van der Waals surface area contributed by atoms with E-state index >= 15 is 0 Å². The van der Waals surface area contributed by atoms with Gasteiger partial charge in [0.15, 0.2) is 0 Å². The number of rotatable bonds is 1. The van der Waals surface area contributed by atoms with E-state index in [1.54, 1.807) is 0 Å². The summed E-state index contributed by atoms with van der Waals surface area (Å²) in [6.45, 7) is 5.00. The Labute approximate surface area is 78.9 Å². The summed E-state index contributed by atoms with van der Waals surface area (Å²) in [5.41, 5.74) is 0. The van der Waals surface area contributed by atoms with E-state index in [9.17, 15) is 4.79 Å². The minimum atomic E-state index is 0.173. The van der Waals surface area contributed by atoms with Crippen molar-refractivity contribution in [3.05, 3.63) is 0 Å². The van der Waals surface area contributed by atoms with E-state index in [4.69, 9.17) is 0 Å². The standard InChI is InChI=1S/C9H17N3O/c1-11-5-2-8(9(11)13)12-6-3-10-4-7-12/h8,10H,2-7H2,1H3. The van der Waals surface area contributed by atoms with E-state index in [2.05, 4.69) is 10.2 Å². The monoisotopic (exact) mass is 183 g/mol. The summed E-state index contributed by atoms with van der Waals surface area (Å²) >= 11 is 0. The van der Waals surface area contributed by atoms with Crippen LogP contribution in [0.1, 0.15) is 6.42 Å². The summed E-state index contributed by atoms with van der Waals surface area (Å²) in [7, 11) is 1.89. The van der Waals surface area contributed by atoms with Gasteiger partial charge in [0.2, 0.25) is 5.91 Å². The summed E-state index contributed by atoms with van der Waals surface area (Å²) < 4.78 is 0. The molecule has 1 N–H and O–H groups in total. The normalized spacial score (nSPS) is 31.3. The van der Waals surface area contributed by atoms with Gasteiger partial charge in [-0.1, -0.05) is 0 Å². The Morgan fingerprint density at radius 2 is 2.00 bits per heavy atom. The Bertz CT molecular complexity index is 201. The molecule has 0 spiro atoms. The molecular formula is C9H17N3O. The zero-order chi connectivity index (χ0) is 9.26. The quantitative estimate of drug-likeness (QED) is 0.573. The van der Waals surface area contributed by atoms with Gasteiger partial charge in [0.05, 0.1) is 6.04 Å². The van der Waals surface area contributed by atoms with E-state index in [1.165, 1.54) is 0 Å². The van der Waals surface area contributed by atoms with E-state index in [-0.39, 0.29) is 6.04 Å². The first-order valence-electron chi connectivity index (χ1n) is 4.99. The molecule has 2 fully saturated rings. The molecule has 2 rings (SSSR count). The van der Waals surface area contributed by atoms with Crippen molar-refractivity contribution in [2.75, 3.05) is 39.8 Å². The highest BCUT2D eigenvalue weighted by Crippen LogP contribution is 2.15. The number of likely N-dealkylation sites (N-methyl/N-ethyl adjacent to an activating group) is 1. The van der Waals surface area contributed by atoms with Crippen molar-refractivity contribution in [2.24, 2.45) is 0 Å². The van der Waals surface area contributed by atoms with Gasteiger partial charge in [-0.15, -0.1) is 0 Å². The van der Waals surface area contributed by atoms with E-state index < -0.39 is 0 Å². The third-order valence-corrected chi connectivity index (χ3v) is 2.99. The van der Waals surface area contributed by atoms with Crippen LogP contribution in [0.3, 0.4) is 0 Å².